The summed E-state index contributed by atoms with van der Waals surface area (Å²) in [5.41, 5.74) is 1.21. The Morgan fingerprint density at radius 1 is 1.32 bits per heavy atom. The Hall–Kier alpha value is -1.06. The number of halogens is 1. The predicted octanol–water partition coefficient (Wildman–Crippen LogP) is 2.65. The van der Waals surface area contributed by atoms with Crippen LogP contribution in [0.1, 0.15) is 31.2 Å². The second kappa shape index (κ2) is 6.92. The standard InChI is InChI=1S/C15H20ClNO2/c16-13-6-4-12(5-7-13)2-1-3-15(19)17(10-11-18)14-8-9-14/h4-7,14,18H,1-3,8-11H2. The molecule has 1 aromatic carbocycles. The van der Waals surface area contributed by atoms with E-state index in [1.54, 1.807) is 0 Å². The second-order valence-corrected chi connectivity index (χ2v) is 5.46. The van der Waals surface area contributed by atoms with Crippen molar-refractivity contribution in [3.05, 3.63) is 34.9 Å². The molecule has 0 saturated heterocycles. The van der Waals surface area contributed by atoms with Gasteiger partial charge in [0.05, 0.1) is 6.61 Å². The van der Waals surface area contributed by atoms with Crippen molar-refractivity contribution in [3.8, 4) is 0 Å². The minimum atomic E-state index is 0.0550. The van der Waals surface area contributed by atoms with Gasteiger partial charge in [0.25, 0.3) is 0 Å². The fourth-order valence-corrected chi connectivity index (χ4v) is 2.37. The van der Waals surface area contributed by atoms with Crippen LogP contribution in [0.4, 0.5) is 0 Å². The van der Waals surface area contributed by atoms with Gasteiger partial charge in [-0.2, -0.15) is 0 Å². The Kier molecular flexibility index (Phi) is 5.23. The van der Waals surface area contributed by atoms with Gasteiger partial charge < -0.3 is 10.0 Å². The number of nitrogens with zero attached hydrogens (tertiary/aromatic N) is 1. The summed E-state index contributed by atoms with van der Waals surface area (Å²) in [6.07, 6.45) is 4.46. The molecule has 0 bridgehead atoms. The molecule has 19 heavy (non-hydrogen) atoms. The first-order valence-corrected chi connectivity index (χ1v) is 7.23. The van der Waals surface area contributed by atoms with E-state index in [0.717, 1.165) is 30.7 Å². The molecule has 1 aliphatic rings. The third-order valence-electron chi connectivity index (χ3n) is 3.42. The average Bonchev–Trinajstić information content (AvgIpc) is 3.22. The van der Waals surface area contributed by atoms with E-state index in [1.807, 2.05) is 29.2 Å². The Morgan fingerprint density at radius 3 is 2.58 bits per heavy atom. The topological polar surface area (TPSA) is 40.5 Å². The maximum atomic E-state index is 12.1. The van der Waals surface area contributed by atoms with E-state index in [9.17, 15) is 4.79 Å². The third-order valence-corrected chi connectivity index (χ3v) is 3.67. The zero-order chi connectivity index (χ0) is 13.7. The van der Waals surface area contributed by atoms with Gasteiger partial charge in [-0.1, -0.05) is 23.7 Å². The molecular formula is C15H20ClNO2. The van der Waals surface area contributed by atoms with Crippen LogP contribution in [0.5, 0.6) is 0 Å². The molecule has 1 fully saturated rings. The van der Waals surface area contributed by atoms with Gasteiger partial charge in [-0.25, -0.2) is 0 Å². The Bertz CT molecular complexity index is 415. The number of rotatable bonds is 7. The number of aliphatic hydroxyl groups is 1. The smallest absolute Gasteiger partial charge is 0.222 e. The highest BCUT2D eigenvalue weighted by molar-refractivity contribution is 6.30. The van der Waals surface area contributed by atoms with Crippen LogP contribution < -0.4 is 0 Å². The first-order chi connectivity index (χ1) is 9.20. The fourth-order valence-electron chi connectivity index (χ4n) is 2.24. The van der Waals surface area contributed by atoms with E-state index in [4.69, 9.17) is 16.7 Å². The van der Waals surface area contributed by atoms with E-state index in [1.165, 1.54) is 5.56 Å². The third kappa shape index (κ3) is 4.51. The molecule has 1 N–H and O–H groups in total. The minimum Gasteiger partial charge on any atom is -0.395 e. The molecule has 1 aliphatic carbocycles. The summed E-state index contributed by atoms with van der Waals surface area (Å²) in [6, 6.07) is 8.13. The van der Waals surface area contributed by atoms with Crippen LogP contribution in [0.2, 0.25) is 5.02 Å². The molecule has 0 spiro atoms. The molecule has 3 nitrogen and oxygen atoms in total. The summed E-state index contributed by atoms with van der Waals surface area (Å²) in [5.74, 6) is 0.172. The summed E-state index contributed by atoms with van der Waals surface area (Å²) < 4.78 is 0. The van der Waals surface area contributed by atoms with Crippen molar-refractivity contribution >= 4 is 17.5 Å². The molecule has 0 unspecified atom stereocenters. The van der Waals surface area contributed by atoms with Crippen LogP contribution in [-0.2, 0) is 11.2 Å². The first kappa shape index (κ1) is 14.4. The molecule has 4 heteroatoms. The summed E-state index contributed by atoms with van der Waals surface area (Å²) in [5, 5.41) is 9.72. The zero-order valence-electron chi connectivity index (χ0n) is 11.0. The molecule has 0 atom stereocenters. The van der Waals surface area contributed by atoms with E-state index < -0.39 is 0 Å². The van der Waals surface area contributed by atoms with Crippen LogP contribution in [0, 0.1) is 0 Å². The van der Waals surface area contributed by atoms with E-state index in [2.05, 4.69) is 0 Å². The minimum absolute atomic E-state index is 0.0550. The molecule has 104 valence electrons. The Morgan fingerprint density at radius 2 is 2.00 bits per heavy atom. The molecule has 0 aromatic heterocycles. The van der Waals surface area contributed by atoms with Crippen molar-refractivity contribution in [2.75, 3.05) is 13.2 Å². The number of hydrogen-bond acceptors (Lipinski definition) is 2. The average molecular weight is 282 g/mol. The molecule has 1 amide bonds. The summed E-state index contributed by atoms with van der Waals surface area (Å²) in [4.78, 5) is 13.9. The van der Waals surface area contributed by atoms with Gasteiger partial charge in [0.2, 0.25) is 5.91 Å². The Balaban J connectivity index is 1.75. The van der Waals surface area contributed by atoms with Gasteiger partial charge in [0, 0.05) is 24.0 Å². The molecule has 1 saturated carbocycles. The van der Waals surface area contributed by atoms with Crippen molar-refractivity contribution in [1.82, 2.24) is 4.90 Å². The summed E-state index contributed by atoms with van der Waals surface area (Å²) in [6.45, 7) is 0.532. The van der Waals surface area contributed by atoms with Crippen LogP contribution in [0.3, 0.4) is 0 Å². The van der Waals surface area contributed by atoms with Gasteiger partial charge in [-0.3, -0.25) is 4.79 Å². The Labute approximate surface area is 119 Å². The van der Waals surface area contributed by atoms with E-state index >= 15 is 0 Å². The van der Waals surface area contributed by atoms with Gasteiger partial charge in [-0.15, -0.1) is 0 Å². The first-order valence-electron chi connectivity index (χ1n) is 6.85. The lowest BCUT2D eigenvalue weighted by Crippen LogP contribution is -2.35. The predicted molar refractivity (Wildman–Crippen MR) is 76.2 cm³/mol. The van der Waals surface area contributed by atoms with Gasteiger partial charge in [-0.05, 0) is 43.4 Å². The number of amides is 1. The normalized spacial score (nSPS) is 14.4. The number of carbonyl (C=O) groups excluding carboxylic acids is 1. The lowest BCUT2D eigenvalue weighted by molar-refractivity contribution is -0.132. The number of hydrogen-bond donors (Lipinski definition) is 1. The van der Waals surface area contributed by atoms with Crippen molar-refractivity contribution in [1.29, 1.82) is 0 Å². The van der Waals surface area contributed by atoms with Gasteiger partial charge in [0.15, 0.2) is 0 Å². The highest BCUT2D eigenvalue weighted by Crippen LogP contribution is 2.27. The zero-order valence-corrected chi connectivity index (χ0v) is 11.8. The van der Waals surface area contributed by atoms with Gasteiger partial charge in [0.1, 0.15) is 0 Å². The van der Waals surface area contributed by atoms with Crippen molar-refractivity contribution in [2.24, 2.45) is 0 Å². The molecule has 0 heterocycles. The van der Waals surface area contributed by atoms with Crippen LogP contribution >= 0.6 is 11.6 Å². The van der Waals surface area contributed by atoms with Crippen LogP contribution in [0.25, 0.3) is 0 Å². The van der Waals surface area contributed by atoms with Gasteiger partial charge >= 0.3 is 0 Å². The van der Waals surface area contributed by atoms with E-state index in [-0.39, 0.29) is 12.5 Å². The second-order valence-electron chi connectivity index (χ2n) is 5.02. The quantitative estimate of drug-likeness (QED) is 0.835. The lowest BCUT2D eigenvalue weighted by Gasteiger charge is -2.21. The largest absolute Gasteiger partial charge is 0.395 e. The van der Waals surface area contributed by atoms with Crippen molar-refractivity contribution in [3.63, 3.8) is 0 Å². The van der Waals surface area contributed by atoms with E-state index in [0.29, 0.717) is 19.0 Å². The lowest BCUT2D eigenvalue weighted by atomic mass is 10.1. The molecule has 0 aliphatic heterocycles. The number of aryl methyl sites for hydroxylation is 1. The number of carbonyl (C=O) groups is 1. The SMILES string of the molecule is O=C(CCCc1ccc(Cl)cc1)N(CCO)C1CC1. The number of aliphatic hydroxyl groups excluding tert-OH is 1. The fraction of sp³-hybridized carbons (Fsp3) is 0.533. The number of benzene rings is 1. The highest BCUT2D eigenvalue weighted by atomic mass is 35.5. The summed E-state index contributed by atoms with van der Waals surface area (Å²) >= 11 is 5.83. The molecule has 0 radical (unpaired) electrons. The van der Waals surface area contributed by atoms with Crippen molar-refractivity contribution in [2.45, 2.75) is 38.1 Å². The highest BCUT2D eigenvalue weighted by Gasteiger charge is 2.31. The molecular weight excluding hydrogens is 262 g/mol. The summed E-state index contributed by atoms with van der Waals surface area (Å²) in [7, 11) is 0. The maximum Gasteiger partial charge on any atom is 0.222 e. The molecule has 2 rings (SSSR count). The monoisotopic (exact) mass is 281 g/mol. The maximum absolute atomic E-state index is 12.1. The molecule has 1 aromatic rings. The van der Waals surface area contributed by atoms with Crippen LogP contribution in [0.15, 0.2) is 24.3 Å². The van der Waals surface area contributed by atoms with Crippen LogP contribution in [-0.4, -0.2) is 35.1 Å². The van der Waals surface area contributed by atoms with Crippen molar-refractivity contribution < 1.29 is 9.90 Å².